The molecule has 6 heteroatoms. The van der Waals surface area contributed by atoms with Crippen molar-refractivity contribution in [2.45, 2.75) is 6.54 Å². The van der Waals surface area contributed by atoms with Crippen molar-refractivity contribution in [3.05, 3.63) is 83.4 Å². The lowest BCUT2D eigenvalue weighted by Crippen LogP contribution is -2.46. The van der Waals surface area contributed by atoms with E-state index < -0.39 is 0 Å². The van der Waals surface area contributed by atoms with E-state index in [4.69, 9.17) is 20.9 Å². The Balaban J connectivity index is 1.21. The fraction of sp³-hybridized carbons (Fsp3) is 0.208. The predicted octanol–water partition coefficient (Wildman–Crippen LogP) is 5.60. The molecule has 1 aromatic heterocycles. The van der Waals surface area contributed by atoms with Gasteiger partial charge in [-0.2, -0.15) is 0 Å². The standard InChI is InChI=1S/C24H22ClN3O2/c25-19-6-4-8-21(16-19)29-20-7-3-5-18(15-20)17-27-11-13-28(14-12-27)24-22-9-1-2-10-23(22)30-26-24/h1-10,15-16H,11-14,17H2. The molecule has 1 aliphatic heterocycles. The molecule has 0 bridgehead atoms. The summed E-state index contributed by atoms with van der Waals surface area (Å²) in [5, 5.41) is 6.04. The Labute approximate surface area is 180 Å². The van der Waals surface area contributed by atoms with Crippen LogP contribution in [0, 0.1) is 0 Å². The number of para-hydroxylation sites is 1. The average molecular weight is 420 g/mol. The first-order valence-electron chi connectivity index (χ1n) is 10.1. The number of ether oxygens (including phenoxy) is 1. The third-order valence-electron chi connectivity index (χ3n) is 5.37. The van der Waals surface area contributed by atoms with Gasteiger partial charge in [-0.3, -0.25) is 4.90 Å². The Bertz CT molecular complexity index is 1150. The first-order chi connectivity index (χ1) is 14.7. The van der Waals surface area contributed by atoms with Crippen LogP contribution in [0.3, 0.4) is 0 Å². The number of halogens is 1. The van der Waals surface area contributed by atoms with Crippen LogP contribution in [0.5, 0.6) is 11.5 Å². The van der Waals surface area contributed by atoms with Crippen molar-refractivity contribution in [3.8, 4) is 11.5 Å². The molecule has 1 aliphatic rings. The molecular weight excluding hydrogens is 398 g/mol. The third-order valence-corrected chi connectivity index (χ3v) is 5.60. The molecule has 0 N–H and O–H groups in total. The van der Waals surface area contributed by atoms with Crippen molar-refractivity contribution in [1.29, 1.82) is 0 Å². The third kappa shape index (κ3) is 4.13. The van der Waals surface area contributed by atoms with Crippen LogP contribution >= 0.6 is 11.6 Å². The van der Waals surface area contributed by atoms with E-state index in [0.29, 0.717) is 5.02 Å². The minimum atomic E-state index is 0.668. The van der Waals surface area contributed by atoms with E-state index in [9.17, 15) is 0 Å². The lowest BCUT2D eigenvalue weighted by Gasteiger charge is -2.34. The van der Waals surface area contributed by atoms with Gasteiger partial charge in [-0.25, -0.2) is 0 Å². The first kappa shape index (κ1) is 19.0. The van der Waals surface area contributed by atoms with Gasteiger partial charge in [0.15, 0.2) is 11.4 Å². The smallest absolute Gasteiger partial charge is 0.180 e. The normalized spacial score (nSPS) is 14.9. The number of nitrogens with zero attached hydrogens (tertiary/aromatic N) is 3. The van der Waals surface area contributed by atoms with Gasteiger partial charge in [-0.05, 0) is 48.0 Å². The second-order valence-corrected chi connectivity index (χ2v) is 7.91. The summed E-state index contributed by atoms with van der Waals surface area (Å²) in [5.74, 6) is 2.51. The summed E-state index contributed by atoms with van der Waals surface area (Å²) in [6, 6.07) is 23.7. The minimum Gasteiger partial charge on any atom is -0.457 e. The van der Waals surface area contributed by atoms with E-state index in [1.54, 1.807) is 0 Å². The van der Waals surface area contributed by atoms with Gasteiger partial charge in [0, 0.05) is 37.7 Å². The summed E-state index contributed by atoms with van der Waals surface area (Å²) in [7, 11) is 0. The summed E-state index contributed by atoms with van der Waals surface area (Å²) in [4.78, 5) is 4.76. The molecule has 30 heavy (non-hydrogen) atoms. The number of hydrogen-bond donors (Lipinski definition) is 0. The van der Waals surface area contributed by atoms with Crippen LogP contribution in [0.4, 0.5) is 5.82 Å². The number of hydrogen-bond acceptors (Lipinski definition) is 5. The predicted molar refractivity (Wildman–Crippen MR) is 119 cm³/mol. The summed E-state index contributed by atoms with van der Waals surface area (Å²) < 4.78 is 11.4. The lowest BCUT2D eigenvalue weighted by atomic mass is 10.1. The van der Waals surface area contributed by atoms with E-state index in [1.165, 1.54) is 5.56 Å². The molecule has 152 valence electrons. The van der Waals surface area contributed by atoms with Gasteiger partial charge < -0.3 is 14.2 Å². The maximum absolute atomic E-state index is 6.05. The Kier molecular flexibility index (Phi) is 5.30. The highest BCUT2D eigenvalue weighted by atomic mass is 35.5. The monoisotopic (exact) mass is 419 g/mol. The lowest BCUT2D eigenvalue weighted by molar-refractivity contribution is 0.248. The molecule has 5 nitrogen and oxygen atoms in total. The highest BCUT2D eigenvalue weighted by Crippen LogP contribution is 2.28. The van der Waals surface area contributed by atoms with Crippen molar-refractivity contribution in [2.75, 3.05) is 31.1 Å². The largest absolute Gasteiger partial charge is 0.457 e. The molecule has 0 radical (unpaired) electrons. The Hall–Kier alpha value is -3.02. The number of piperazine rings is 1. The van der Waals surface area contributed by atoms with E-state index in [-0.39, 0.29) is 0 Å². The minimum absolute atomic E-state index is 0.668. The zero-order chi connectivity index (χ0) is 20.3. The number of rotatable bonds is 5. The van der Waals surface area contributed by atoms with Crippen LogP contribution in [0.2, 0.25) is 5.02 Å². The van der Waals surface area contributed by atoms with Gasteiger partial charge in [0.05, 0.1) is 5.39 Å². The molecule has 5 rings (SSSR count). The van der Waals surface area contributed by atoms with Crippen molar-refractivity contribution in [2.24, 2.45) is 0 Å². The molecule has 3 aromatic carbocycles. The van der Waals surface area contributed by atoms with Crippen molar-refractivity contribution < 1.29 is 9.26 Å². The van der Waals surface area contributed by atoms with Gasteiger partial charge in [-0.1, -0.05) is 47.1 Å². The Morgan fingerprint density at radius 3 is 2.47 bits per heavy atom. The summed E-state index contributed by atoms with van der Waals surface area (Å²) >= 11 is 6.05. The zero-order valence-electron chi connectivity index (χ0n) is 16.5. The quantitative estimate of drug-likeness (QED) is 0.421. The van der Waals surface area contributed by atoms with Crippen LogP contribution in [-0.2, 0) is 6.54 Å². The van der Waals surface area contributed by atoms with Crippen LogP contribution in [-0.4, -0.2) is 36.2 Å². The number of benzene rings is 3. The number of fused-ring (bicyclic) bond motifs is 1. The van der Waals surface area contributed by atoms with Gasteiger partial charge in [0.25, 0.3) is 0 Å². The number of aromatic nitrogens is 1. The fourth-order valence-electron chi connectivity index (χ4n) is 3.85. The summed E-state index contributed by atoms with van der Waals surface area (Å²) in [5.41, 5.74) is 2.07. The molecular formula is C24H22ClN3O2. The van der Waals surface area contributed by atoms with Crippen molar-refractivity contribution >= 4 is 28.4 Å². The molecule has 0 spiro atoms. The van der Waals surface area contributed by atoms with Gasteiger partial charge in [0.1, 0.15) is 11.5 Å². The molecule has 0 atom stereocenters. The molecule has 0 unspecified atom stereocenters. The van der Waals surface area contributed by atoms with Gasteiger partial charge in [-0.15, -0.1) is 0 Å². The maximum Gasteiger partial charge on any atom is 0.180 e. The van der Waals surface area contributed by atoms with Crippen LogP contribution in [0.15, 0.2) is 77.3 Å². The Morgan fingerprint density at radius 2 is 1.63 bits per heavy atom. The molecule has 0 aliphatic carbocycles. The molecule has 1 fully saturated rings. The second kappa shape index (κ2) is 8.38. The van der Waals surface area contributed by atoms with E-state index in [2.05, 4.69) is 33.2 Å². The molecule has 2 heterocycles. The van der Waals surface area contributed by atoms with E-state index >= 15 is 0 Å². The Morgan fingerprint density at radius 1 is 0.867 bits per heavy atom. The highest BCUT2D eigenvalue weighted by Gasteiger charge is 2.21. The van der Waals surface area contributed by atoms with Crippen molar-refractivity contribution in [1.82, 2.24) is 10.1 Å². The SMILES string of the molecule is Clc1cccc(Oc2cccc(CN3CCN(c4noc5ccccc45)CC3)c2)c1. The second-order valence-electron chi connectivity index (χ2n) is 7.47. The van der Waals surface area contributed by atoms with Crippen LogP contribution < -0.4 is 9.64 Å². The molecule has 0 amide bonds. The molecule has 4 aromatic rings. The van der Waals surface area contributed by atoms with E-state index in [0.717, 1.165) is 61.0 Å². The first-order valence-corrected chi connectivity index (χ1v) is 10.5. The zero-order valence-corrected chi connectivity index (χ0v) is 17.3. The average Bonchev–Trinajstić information content (AvgIpc) is 3.19. The number of anilines is 1. The molecule has 1 saturated heterocycles. The molecule has 0 saturated carbocycles. The fourth-order valence-corrected chi connectivity index (χ4v) is 4.03. The van der Waals surface area contributed by atoms with Crippen molar-refractivity contribution in [3.63, 3.8) is 0 Å². The summed E-state index contributed by atoms with van der Waals surface area (Å²) in [6.45, 7) is 4.69. The van der Waals surface area contributed by atoms with Crippen LogP contribution in [0.25, 0.3) is 11.0 Å². The van der Waals surface area contributed by atoms with Gasteiger partial charge >= 0.3 is 0 Å². The van der Waals surface area contributed by atoms with Gasteiger partial charge in [0.2, 0.25) is 0 Å². The van der Waals surface area contributed by atoms with E-state index in [1.807, 2.05) is 54.6 Å². The summed E-state index contributed by atoms with van der Waals surface area (Å²) in [6.07, 6.45) is 0. The maximum atomic E-state index is 6.05. The topological polar surface area (TPSA) is 41.7 Å². The highest BCUT2D eigenvalue weighted by molar-refractivity contribution is 6.30. The van der Waals surface area contributed by atoms with Crippen LogP contribution in [0.1, 0.15) is 5.56 Å².